The monoisotopic (exact) mass is 347 g/mol. The van der Waals surface area contributed by atoms with Gasteiger partial charge in [-0.2, -0.15) is 13.2 Å². The second kappa shape index (κ2) is 8.29. The van der Waals surface area contributed by atoms with Crippen molar-refractivity contribution in [2.45, 2.75) is 25.7 Å². The van der Waals surface area contributed by atoms with E-state index in [1.807, 2.05) is 6.07 Å². The van der Waals surface area contributed by atoms with Gasteiger partial charge in [0.2, 0.25) is 5.91 Å². The molecule has 1 saturated heterocycles. The van der Waals surface area contributed by atoms with E-state index in [-0.39, 0.29) is 6.54 Å². The summed E-state index contributed by atoms with van der Waals surface area (Å²) in [4.78, 5) is 18.1. The minimum atomic E-state index is -4.45. The predicted molar refractivity (Wildman–Crippen MR) is 80.6 cm³/mol. The predicted octanol–water partition coefficient (Wildman–Crippen LogP) is 1.50. The van der Waals surface area contributed by atoms with Crippen molar-refractivity contribution in [3.63, 3.8) is 0 Å². The summed E-state index contributed by atoms with van der Waals surface area (Å²) in [5.41, 5.74) is 0.808. The van der Waals surface area contributed by atoms with Gasteiger partial charge in [-0.1, -0.05) is 0 Å². The molecule has 0 saturated carbocycles. The molecule has 6 nitrogen and oxygen atoms in total. The van der Waals surface area contributed by atoms with E-state index in [2.05, 4.69) is 19.9 Å². The van der Waals surface area contributed by atoms with Gasteiger partial charge in [0.05, 0.1) is 13.2 Å². The van der Waals surface area contributed by atoms with Crippen LogP contribution in [0.2, 0.25) is 0 Å². The SMILES string of the molecule is C[C@@H](OCC(F)(F)F)C(=O)NCc1ccnc(N2CCOCC2)c1. The lowest BCUT2D eigenvalue weighted by Crippen LogP contribution is -2.37. The van der Waals surface area contributed by atoms with Crippen molar-refractivity contribution < 1.29 is 27.4 Å². The van der Waals surface area contributed by atoms with E-state index in [0.717, 1.165) is 24.5 Å². The highest BCUT2D eigenvalue weighted by Crippen LogP contribution is 2.16. The number of pyridine rings is 1. The third kappa shape index (κ3) is 5.97. The zero-order valence-electron chi connectivity index (χ0n) is 13.3. The molecule has 24 heavy (non-hydrogen) atoms. The van der Waals surface area contributed by atoms with Gasteiger partial charge in [-0.15, -0.1) is 0 Å². The molecule has 1 aliphatic heterocycles. The van der Waals surface area contributed by atoms with E-state index < -0.39 is 24.8 Å². The first kappa shape index (κ1) is 18.5. The standard InChI is InChI=1S/C15H20F3N3O3/c1-11(24-10-15(16,17)18)14(22)20-9-12-2-3-19-13(8-12)21-4-6-23-7-5-21/h2-3,8,11H,4-7,9-10H2,1H3,(H,20,22)/t11-/m1/s1. The van der Waals surface area contributed by atoms with Gasteiger partial charge < -0.3 is 19.7 Å². The first-order chi connectivity index (χ1) is 11.3. The average Bonchev–Trinajstić information content (AvgIpc) is 2.58. The number of aromatic nitrogens is 1. The first-order valence-corrected chi connectivity index (χ1v) is 7.59. The molecule has 2 heterocycles. The molecule has 1 aromatic rings. The van der Waals surface area contributed by atoms with Crippen molar-refractivity contribution in [3.8, 4) is 0 Å². The summed E-state index contributed by atoms with van der Waals surface area (Å²) >= 11 is 0. The second-order valence-corrected chi connectivity index (χ2v) is 5.41. The molecule has 2 rings (SSSR count). The van der Waals surface area contributed by atoms with Gasteiger partial charge in [0, 0.05) is 25.8 Å². The lowest BCUT2D eigenvalue weighted by atomic mass is 10.2. The van der Waals surface area contributed by atoms with Gasteiger partial charge in [-0.3, -0.25) is 4.79 Å². The van der Waals surface area contributed by atoms with Gasteiger partial charge in [-0.05, 0) is 24.6 Å². The number of hydrogen-bond donors (Lipinski definition) is 1. The summed E-state index contributed by atoms with van der Waals surface area (Å²) in [6.45, 7) is 2.78. The Morgan fingerprint density at radius 1 is 1.46 bits per heavy atom. The largest absolute Gasteiger partial charge is 0.411 e. The molecule has 1 aliphatic rings. The molecule has 1 amide bonds. The Balaban J connectivity index is 1.84. The number of rotatable bonds is 6. The van der Waals surface area contributed by atoms with Crippen molar-refractivity contribution in [2.75, 3.05) is 37.8 Å². The van der Waals surface area contributed by atoms with Crippen LogP contribution < -0.4 is 10.2 Å². The van der Waals surface area contributed by atoms with Gasteiger partial charge in [-0.25, -0.2) is 4.98 Å². The number of nitrogens with zero attached hydrogens (tertiary/aromatic N) is 2. The number of ether oxygens (including phenoxy) is 2. The molecule has 1 aromatic heterocycles. The van der Waals surface area contributed by atoms with Crippen LogP contribution in [0, 0.1) is 0 Å². The summed E-state index contributed by atoms with van der Waals surface area (Å²) in [6, 6.07) is 3.58. The van der Waals surface area contributed by atoms with Crippen LogP contribution >= 0.6 is 0 Å². The number of alkyl halides is 3. The molecular formula is C15H20F3N3O3. The van der Waals surface area contributed by atoms with Crippen molar-refractivity contribution in [2.24, 2.45) is 0 Å². The molecule has 0 unspecified atom stereocenters. The molecule has 0 aromatic carbocycles. The second-order valence-electron chi connectivity index (χ2n) is 5.41. The lowest BCUT2D eigenvalue weighted by Gasteiger charge is -2.28. The number of anilines is 1. The van der Waals surface area contributed by atoms with Crippen LogP contribution in [0.5, 0.6) is 0 Å². The number of amides is 1. The van der Waals surface area contributed by atoms with E-state index >= 15 is 0 Å². The maximum atomic E-state index is 12.1. The Hall–Kier alpha value is -1.87. The van der Waals surface area contributed by atoms with Gasteiger partial charge in [0.15, 0.2) is 0 Å². The quantitative estimate of drug-likeness (QED) is 0.845. The Kier molecular flexibility index (Phi) is 6.38. The Morgan fingerprint density at radius 2 is 2.17 bits per heavy atom. The molecule has 0 aliphatic carbocycles. The third-order valence-electron chi connectivity index (χ3n) is 3.48. The Labute approximate surface area is 137 Å². The fourth-order valence-corrected chi connectivity index (χ4v) is 2.16. The van der Waals surface area contributed by atoms with Crippen molar-refractivity contribution in [3.05, 3.63) is 23.9 Å². The van der Waals surface area contributed by atoms with E-state index in [1.165, 1.54) is 6.92 Å². The maximum absolute atomic E-state index is 12.1. The summed E-state index contributed by atoms with van der Waals surface area (Å²) < 4.78 is 46.0. The minimum absolute atomic E-state index is 0.193. The van der Waals surface area contributed by atoms with E-state index in [9.17, 15) is 18.0 Å². The van der Waals surface area contributed by atoms with E-state index in [0.29, 0.717) is 13.2 Å². The normalized spacial score (nSPS) is 16.8. The first-order valence-electron chi connectivity index (χ1n) is 7.59. The number of carbonyl (C=O) groups excluding carboxylic acids is 1. The molecule has 1 N–H and O–H groups in total. The zero-order chi connectivity index (χ0) is 17.6. The molecule has 1 fully saturated rings. The van der Waals surface area contributed by atoms with Crippen LogP contribution in [0.4, 0.5) is 19.0 Å². The number of carbonyl (C=O) groups is 1. The van der Waals surface area contributed by atoms with Crippen LogP contribution in [0.15, 0.2) is 18.3 Å². The Morgan fingerprint density at radius 3 is 2.83 bits per heavy atom. The Bertz CT molecular complexity index is 548. The molecular weight excluding hydrogens is 327 g/mol. The van der Waals surface area contributed by atoms with Crippen molar-refractivity contribution >= 4 is 11.7 Å². The molecule has 9 heteroatoms. The van der Waals surface area contributed by atoms with Crippen molar-refractivity contribution in [1.29, 1.82) is 0 Å². The number of halogens is 3. The van der Waals surface area contributed by atoms with Crippen molar-refractivity contribution in [1.82, 2.24) is 10.3 Å². The van der Waals surface area contributed by atoms with E-state index in [4.69, 9.17) is 4.74 Å². The van der Waals surface area contributed by atoms with Crippen LogP contribution in [-0.4, -0.2) is 56.1 Å². The third-order valence-corrected chi connectivity index (χ3v) is 3.48. The smallest absolute Gasteiger partial charge is 0.378 e. The number of hydrogen-bond acceptors (Lipinski definition) is 5. The van der Waals surface area contributed by atoms with Gasteiger partial charge in [0.1, 0.15) is 18.5 Å². The van der Waals surface area contributed by atoms with Crippen LogP contribution in [0.25, 0.3) is 0 Å². The highest BCUT2D eigenvalue weighted by atomic mass is 19.4. The highest BCUT2D eigenvalue weighted by molar-refractivity contribution is 5.80. The summed E-state index contributed by atoms with van der Waals surface area (Å²) in [7, 11) is 0. The summed E-state index contributed by atoms with van der Waals surface area (Å²) in [6.07, 6.45) is -3.99. The zero-order valence-corrected chi connectivity index (χ0v) is 13.3. The number of nitrogens with one attached hydrogen (secondary N) is 1. The maximum Gasteiger partial charge on any atom is 0.411 e. The fraction of sp³-hybridized carbons (Fsp3) is 0.600. The molecule has 0 radical (unpaired) electrons. The summed E-state index contributed by atoms with van der Waals surface area (Å²) in [5.74, 6) is 0.190. The van der Waals surface area contributed by atoms with Gasteiger partial charge >= 0.3 is 6.18 Å². The summed E-state index contributed by atoms with van der Waals surface area (Å²) in [5, 5.41) is 2.56. The van der Waals surface area contributed by atoms with Crippen LogP contribution in [0.1, 0.15) is 12.5 Å². The lowest BCUT2D eigenvalue weighted by molar-refractivity contribution is -0.185. The number of morpholine rings is 1. The topological polar surface area (TPSA) is 63.7 Å². The molecule has 0 spiro atoms. The highest BCUT2D eigenvalue weighted by Gasteiger charge is 2.29. The van der Waals surface area contributed by atoms with Gasteiger partial charge in [0.25, 0.3) is 0 Å². The average molecular weight is 347 g/mol. The molecule has 134 valence electrons. The van der Waals surface area contributed by atoms with E-state index in [1.54, 1.807) is 12.3 Å². The van der Waals surface area contributed by atoms with Crippen LogP contribution in [0.3, 0.4) is 0 Å². The van der Waals surface area contributed by atoms with Crippen LogP contribution in [-0.2, 0) is 20.8 Å². The molecule has 0 bridgehead atoms. The minimum Gasteiger partial charge on any atom is -0.378 e. The molecule has 1 atom stereocenters. The fourth-order valence-electron chi connectivity index (χ4n) is 2.16.